The zero-order valence-corrected chi connectivity index (χ0v) is 15.2. The molecule has 0 unspecified atom stereocenters. The molecule has 2 rings (SSSR count). The van der Waals surface area contributed by atoms with E-state index in [4.69, 9.17) is 11.6 Å². The van der Waals surface area contributed by atoms with Gasteiger partial charge in [-0.3, -0.25) is 9.59 Å². The van der Waals surface area contributed by atoms with Crippen molar-refractivity contribution >= 4 is 29.5 Å². The van der Waals surface area contributed by atoms with Crippen LogP contribution >= 0.6 is 11.6 Å². The number of aryl methyl sites for hydroxylation is 1. The van der Waals surface area contributed by atoms with E-state index in [0.717, 1.165) is 11.1 Å². The molecule has 130 valence electrons. The van der Waals surface area contributed by atoms with Gasteiger partial charge in [0.25, 0.3) is 11.8 Å². The molecule has 2 amide bonds. The molecule has 0 saturated carbocycles. The molecule has 2 N–H and O–H groups in total. The van der Waals surface area contributed by atoms with Crippen LogP contribution in [0.2, 0.25) is 5.02 Å². The molecule has 4 nitrogen and oxygen atoms in total. The summed E-state index contributed by atoms with van der Waals surface area (Å²) in [4.78, 5) is 24.9. The largest absolute Gasteiger partial charge is 0.349 e. The van der Waals surface area contributed by atoms with Gasteiger partial charge in [0.05, 0.1) is 0 Å². The Kier molecular flexibility index (Phi) is 6.37. The third kappa shape index (κ3) is 5.76. The summed E-state index contributed by atoms with van der Waals surface area (Å²) < 4.78 is 0. The zero-order valence-electron chi connectivity index (χ0n) is 14.5. The summed E-state index contributed by atoms with van der Waals surface area (Å²) in [5, 5.41) is 6.10. The van der Waals surface area contributed by atoms with Crippen molar-refractivity contribution in [1.82, 2.24) is 10.6 Å². The maximum Gasteiger partial charge on any atom is 0.268 e. The third-order valence-electron chi connectivity index (χ3n) is 3.41. The number of carbonyl (C=O) groups is 2. The van der Waals surface area contributed by atoms with Gasteiger partial charge in [-0.05, 0) is 56.7 Å². The topological polar surface area (TPSA) is 58.2 Å². The number of carbonyl (C=O) groups excluding carboxylic acids is 2. The molecule has 0 bridgehead atoms. The average molecular weight is 357 g/mol. The minimum absolute atomic E-state index is 0.0441. The van der Waals surface area contributed by atoms with Gasteiger partial charge in [0, 0.05) is 16.6 Å². The van der Waals surface area contributed by atoms with Crippen LogP contribution in [0.25, 0.3) is 6.08 Å². The van der Waals surface area contributed by atoms with Crippen LogP contribution in [0.1, 0.15) is 35.3 Å². The minimum atomic E-state index is -0.342. The zero-order chi connectivity index (χ0) is 18.4. The van der Waals surface area contributed by atoms with Crippen molar-refractivity contribution in [3.63, 3.8) is 0 Å². The van der Waals surface area contributed by atoms with Gasteiger partial charge < -0.3 is 10.6 Å². The van der Waals surface area contributed by atoms with Crippen molar-refractivity contribution in [2.75, 3.05) is 0 Å². The second-order valence-electron chi connectivity index (χ2n) is 6.06. The van der Waals surface area contributed by atoms with Crippen LogP contribution < -0.4 is 10.6 Å². The molecule has 2 aromatic rings. The summed E-state index contributed by atoms with van der Waals surface area (Å²) in [5.41, 5.74) is 2.50. The molecule has 0 radical (unpaired) electrons. The van der Waals surface area contributed by atoms with Crippen LogP contribution in [0.5, 0.6) is 0 Å². The van der Waals surface area contributed by atoms with E-state index in [1.165, 1.54) is 0 Å². The predicted molar refractivity (Wildman–Crippen MR) is 101 cm³/mol. The minimum Gasteiger partial charge on any atom is -0.349 e. The second kappa shape index (κ2) is 8.49. The van der Waals surface area contributed by atoms with E-state index in [0.29, 0.717) is 10.6 Å². The Morgan fingerprint density at radius 1 is 1.00 bits per heavy atom. The first-order chi connectivity index (χ1) is 11.8. The Hall–Kier alpha value is -2.59. The van der Waals surface area contributed by atoms with E-state index < -0.39 is 0 Å². The summed E-state index contributed by atoms with van der Waals surface area (Å²) in [5.74, 6) is -0.676. The van der Waals surface area contributed by atoms with E-state index in [-0.39, 0.29) is 23.6 Å². The molecule has 0 aliphatic rings. The highest BCUT2D eigenvalue weighted by molar-refractivity contribution is 6.30. The van der Waals surface area contributed by atoms with Crippen molar-refractivity contribution < 1.29 is 9.59 Å². The van der Waals surface area contributed by atoms with Crippen molar-refractivity contribution in [2.24, 2.45) is 0 Å². The van der Waals surface area contributed by atoms with Gasteiger partial charge in [-0.25, -0.2) is 0 Å². The van der Waals surface area contributed by atoms with E-state index in [1.54, 1.807) is 42.5 Å². The SMILES string of the molecule is Cc1ccc(C(=O)N/C(=C\c2ccc(Cl)cc2)C(=O)NC(C)C)cc1. The number of nitrogens with one attached hydrogen (secondary N) is 2. The predicted octanol–water partition coefficient (Wildman–Crippen LogP) is 3.94. The average Bonchev–Trinajstić information content (AvgIpc) is 2.56. The van der Waals surface area contributed by atoms with Crippen molar-refractivity contribution in [3.05, 3.63) is 75.9 Å². The van der Waals surface area contributed by atoms with Crippen LogP contribution in [0.15, 0.2) is 54.2 Å². The van der Waals surface area contributed by atoms with Gasteiger partial charge in [0.15, 0.2) is 0 Å². The molecule has 0 aliphatic carbocycles. The molecule has 2 aromatic carbocycles. The van der Waals surface area contributed by atoms with Crippen LogP contribution in [0, 0.1) is 6.92 Å². The maximum atomic E-state index is 12.4. The van der Waals surface area contributed by atoms with Crippen molar-refractivity contribution in [3.8, 4) is 0 Å². The van der Waals surface area contributed by atoms with Crippen LogP contribution in [0.4, 0.5) is 0 Å². The quantitative estimate of drug-likeness (QED) is 0.797. The lowest BCUT2D eigenvalue weighted by atomic mass is 10.1. The van der Waals surface area contributed by atoms with Gasteiger partial charge >= 0.3 is 0 Å². The van der Waals surface area contributed by atoms with Crippen molar-refractivity contribution in [2.45, 2.75) is 26.8 Å². The van der Waals surface area contributed by atoms with E-state index in [1.807, 2.05) is 32.9 Å². The maximum absolute atomic E-state index is 12.4. The first kappa shape index (κ1) is 18.7. The summed E-state index contributed by atoms with van der Waals surface area (Å²) in [7, 11) is 0. The molecule has 25 heavy (non-hydrogen) atoms. The highest BCUT2D eigenvalue weighted by atomic mass is 35.5. The Bertz CT molecular complexity index is 778. The van der Waals surface area contributed by atoms with Gasteiger partial charge in [0.1, 0.15) is 5.70 Å². The van der Waals surface area contributed by atoms with Gasteiger partial charge in [-0.1, -0.05) is 41.4 Å². The molecule has 0 heterocycles. The molecule has 0 aromatic heterocycles. The Labute approximate surface area is 152 Å². The summed E-state index contributed by atoms with van der Waals surface area (Å²) in [6, 6.07) is 14.1. The molecule has 0 saturated heterocycles. The highest BCUT2D eigenvalue weighted by Gasteiger charge is 2.15. The fraction of sp³-hybridized carbons (Fsp3) is 0.200. The molecule has 0 atom stereocenters. The van der Waals surface area contributed by atoms with Gasteiger partial charge in [0.2, 0.25) is 0 Å². The second-order valence-corrected chi connectivity index (χ2v) is 6.49. The first-order valence-electron chi connectivity index (χ1n) is 8.01. The van der Waals surface area contributed by atoms with Crippen LogP contribution in [-0.2, 0) is 4.79 Å². The lowest BCUT2D eigenvalue weighted by Gasteiger charge is -2.13. The van der Waals surface area contributed by atoms with Crippen LogP contribution in [0.3, 0.4) is 0 Å². The number of hydrogen-bond donors (Lipinski definition) is 2. The molecule has 5 heteroatoms. The first-order valence-corrected chi connectivity index (χ1v) is 8.39. The fourth-order valence-electron chi connectivity index (χ4n) is 2.12. The van der Waals surface area contributed by atoms with Gasteiger partial charge in [-0.2, -0.15) is 0 Å². The highest BCUT2D eigenvalue weighted by Crippen LogP contribution is 2.13. The lowest BCUT2D eigenvalue weighted by Crippen LogP contribution is -2.38. The fourth-order valence-corrected chi connectivity index (χ4v) is 2.25. The normalized spacial score (nSPS) is 11.3. The Morgan fingerprint density at radius 3 is 2.16 bits per heavy atom. The number of halogens is 1. The van der Waals surface area contributed by atoms with E-state index in [2.05, 4.69) is 10.6 Å². The molecular weight excluding hydrogens is 336 g/mol. The number of hydrogen-bond acceptors (Lipinski definition) is 2. The molecule has 0 fully saturated rings. The van der Waals surface area contributed by atoms with Crippen LogP contribution in [-0.4, -0.2) is 17.9 Å². The number of rotatable bonds is 5. The van der Waals surface area contributed by atoms with E-state index >= 15 is 0 Å². The molecule has 0 spiro atoms. The Balaban J connectivity index is 2.27. The standard InChI is InChI=1S/C20H21ClN2O2/c1-13(2)22-20(25)18(12-15-6-10-17(21)11-7-15)23-19(24)16-8-4-14(3)5-9-16/h4-13H,1-3H3,(H,22,25)(H,23,24)/b18-12-. The number of amides is 2. The van der Waals surface area contributed by atoms with Crippen molar-refractivity contribution in [1.29, 1.82) is 0 Å². The number of benzene rings is 2. The summed E-state index contributed by atoms with van der Waals surface area (Å²) in [6.07, 6.45) is 1.63. The van der Waals surface area contributed by atoms with E-state index in [9.17, 15) is 9.59 Å². The molecular formula is C20H21ClN2O2. The smallest absolute Gasteiger partial charge is 0.268 e. The Morgan fingerprint density at radius 2 is 1.60 bits per heavy atom. The molecule has 0 aliphatic heterocycles. The summed E-state index contributed by atoms with van der Waals surface area (Å²) >= 11 is 5.89. The third-order valence-corrected chi connectivity index (χ3v) is 3.66. The lowest BCUT2D eigenvalue weighted by molar-refractivity contribution is -0.118. The van der Waals surface area contributed by atoms with Gasteiger partial charge in [-0.15, -0.1) is 0 Å². The summed E-state index contributed by atoms with van der Waals surface area (Å²) in [6.45, 7) is 5.67. The monoisotopic (exact) mass is 356 g/mol.